The van der Waals surface area contributed by atoms with E-state index in [0.717, 1.165) is 10.0 Å². The van der Waals surface area contributed by atoms with Crippen molar-refractivity contribution in [1.29, 1.82) is 0 Å². The fourth-order valence-corrected chi connectivity index (χ4v) is 4.28. The first-order valence-corrected chi connectivity index (χ1v) is 9.92. The van der Waals surface area contributed by atoms with E-state index in [-0.39, 0.29) is 11.8 Å². The van der Waals surface area contributed by atoms with Crippen molar-refractivity contribution in [3.05, 3.63) is 69.0 Å². The van der Waals surface area contributed by atoms with Crippen molar-refractivity contribution >= 4 is 67.8 Å². The van der Waals surface area contributed by atoms with Gasteiger partial charge in [0, 0.05) is 16.7 Å². The zero-order chi connectivity index (χ0) is 18.7. The first kappa shape index (κ1) is 18.8. The molecule has 2 amide bonds. The summed E-state index contributed by atoms with van der Waals surface area (Å²) < 4.78 is 1.33. The average molecular weight is 447 g/mol. The fourth-order valence-electron chi connectivity index (χ4n) is 2.43. The number of benzene rings is 2. The predicted molar refractivity (Wildman–Crippen MR) is 114 cm³/mol. The average Bonchev–Trinajstić information content (AvgIpc) is 2.90. The summed E-state index contributed by atoms with van der Waals surface area (Å²) in [6.07, 6.45) is 1.81. The number of carbonyl (C=O) groups excluding carboxylic acids is 2. The molecule has 0 radical (unpaired) electrons. The van der Waals surface area contributed by atoms with Gasteiger partial charge >= 0.3 is 0 Å². The van der Waals surface area contributed by atoms with Gasteiger partial charge in [0.1, 0.15) is 4.32 Å². The van der Waals surface area contributed by atoms with Crippen molar-refractivity contribution in [3.8, 4) is 0 Å². The Balaban J connectivity index is 1.72. The van der Waals surface area contributed by atoms with Gasteiger partial charge in [0.2, 0.25) is 0 Å². The van der Waals surface area contributed by atoms with E-state index >= 15 is 0 Å². The topological polar surface area (TPSA) is 49.4 Å². The number of hydrogen-bond acceptors (Lipinski definition) is 4. The molecule has 0 spiro atoms. The molecule has 0 aromatic heterocycles. The summed E-state index contributed by atoms with van der Waals surface area (Å²) in [5, 5.41) is 2.86. The van der Waals surface area contributed by atoms with Gasteiger partial charge in [0.25, 0.3) is 11.8 Å². The highest BCUT2D eigenvalue weighted by Crippen LogP contribution is 2.32. The molecule has 7 heteroatoms. The van der Waals surface area contributed by atoms with E-state index < -0.39 is 0 Å². The minimum Gasteiger partial charge on any atom is -0.322 e. The highest BCUT2D eigenvalue weighted by Gasteiger charge is 2.30. The van der Waals surface area contributed by atoms with Gasteiger partial charge < -0.3 is 5.32 Å². The Kier molecular flexibility index (Phi) is 5.90. The molecular weight excluding hydrogens is 432 g/mol. The lowest BCUT2D eigenvalue weighted by Gasteiger charge is -2.09. The van der Waals surface area contributed by atoms with Crippen LogP contribution in [0.3, 0.4) is 0 Å². The molecule has 0 unspecified atom stereocenters. The van der Waals surface area contributed by atoms with Crippen LogP contribution in [0.1, 0.15) is 22.8 Å². The van der Waals surface area contributed by atoms with Crippen molar-refractivity contribution in [3.63, 3.8) is 0 Å². The van der Waals surface area contributed by atoms with Crippen LogP contribution in [0.5, 0.6) is 0 Å². The predicted octanol–water partition coefficient (Wildman–Crippen LogP) is 4.92. The smallest absolute Gasteiger partial charge is 0.266 e. The number of likely N-dealkylation sites (N-methyl/N-ethyl adjacent to an activating group) is 1. The lowest BCUT2D eigenvalue weighted by molar-refractivity contribution is -0.121. The Bertz CT molecular complexity index is 910. The Hall–Kier alpha value is -1.96. The molecule has 0 atom stereocenters. The molecule has 26 heavy (non-hydrogen) atoms. The van der Waals surface area contributed by atoms with Crippen LogP contribution in [0.25, 0.3) is 6.08 Å². The molecule has 1 saturated heterocycles. The highest BCUT2D eigenvalue weighted by molar-refractivity contribution is 9.10. The minimum absolute atomic E-state index is 0.0613. The normalized spacial score (nSPS) is 15.6. The van der Waals surface area contributed by atoms with E-state index in [1.54, 1.807) is 23.1 Å². The number of carbonyl (C=O) groups is 2. The molecule has 1 aliphatic heterocycles. The number of nitrogens with zero attached hydrogens (tertiary/aromatic N) is 1. The largest absolute Gasteiger partial charge is 0.322 e. The molecule has 0 bridgehead atoms. The van der Waals surface area contributed by atoms with Crippen LogP contribution in [-0.2, 0) is 4.79 Å². The molecule has 2 aromatic carbocycles. The second-order valence-electron chi connectivity index (χ2n) is 5.48. The minimum atomic E-state index is -0.186. The van der Waals surface area contributed by atoms with E-state index in [4.69, 9.17) is 12.2 Å². The van der Waals surface area contributed by atoms with Gasteiger partial charge in [-0.2, -0.15) is 0 Å². The summed E-state index contributed by atoms with van der Waals surface area (Å²) in [5.41, 5.74) is 2.13. The van der Waals surface area contributed by atoms with Gasteiger partial charge in [-0.05, 0) is 58.8 Å². The summed E-state index contributed by atoms with van der Waals surface area (Å²) >= 11 is 9.89. The second-order valence-corrected chi connectivity index (χ2v) is 8.01. The third-order valence-electron chi connectivity index (χ3n) is 3.77. The third kappa shape index (κ3) is 4.06. The van der Waals surface area contributed by atoms with Crippen LogP contribution in [0, 0.1) is 0 Å². The zero-order valence-electron chi connectivity index (χ0n) is 13.9. The van der Waals surface area contributed by atoms with Gasteiger partial charge in [-0.25, -0.2) is 0 Å². The van der Waals surface area contributed by atoms with Crippen molar-refractivity contribution < 1.29 is 9.59 Å². The number of anilines is 1. The number of hydrogen-bond donors (Lipinski definition) is 1. The van der Waals surface area contributed by atoms with Gasteiger partial charge in [-0.15, -0.1) is 0 Å². The Morgan fingerprint density at radius 2 is 1.92 bits per heavy atom. The van der Waals surface area contributed by atoms with Gasteiger partial charge in [-0.3, -0.25) is 14.5 Å². The lowest BCUT2D eigenvalue weighted by atomic mass is 10.1. The standard InChI is InChI=1S/C19H15BrN2O2S2/c1-2-22-18(24)16(26-19(22)25)11-12-7-9-13(10-8-12)21-17(23)14-5-3-4-6-15(14)20/h3-11H,2H2,1H3,(H,21,23)/b16-11-. The molecule has 0 aliphatic carbocycles. The molecule has 132 valence electrons. The van der Waals surface area contributed by atoms with Crippen molar-refractivity contribution in [2.75, 3.05) is 11.9 Å². The van der Waals surface area contributed by atoms with Crippen LogP contribution in [0.15, 0.2) is 57.9 Å². The van der Waals surface area contributed by atoms with Gasteiger partial charge in [0.15, 0.2) is 0 Å². The van der Waals surface area contributed by atoms with E-state index in [1.165, 1.54) is 11.8 Å². The SMILES string of the molecule is CCN1C(=O)/C(=C/c2ccc(NC(=O)c3ccccc3Br)cc2)SC1=S. The van der Waals surface area contributed by atoms with Crippen LogP contribution >= 0.6 is 39.9 Å². The van der Waals surface area contributed by atoms with E-state index in [9.17, 15) is 9.59 Å². The number of rotatable bonds is 4. The first-order valence-electron chi connectivity index (χ1n) is 7.91. The van der Waals surface area contributed by atoms with Crippen LogP contribution in [-0.4, -0.2) is 27.6 Å². The number of thioether (sulfide) groups is 1. The monoisotopic (exact) mass is 446 g/mol. The molecule has 3 rings (SSSR count). The van der Waals surface area contributed by atoms with Crippen molar-refractivity contribution in [2.45, 2.75) is 6.92 Å². The molecule has 0 saturated carbocycles. The van der Waals surface area contributed by atoms with Gasteiger partial charge in [0.05, 0.1) is 10.5 Å². The molecule has 4 nitrogen and oxygen atoms in total. The highest BCUT2D eigenvalue weighted by atomic mass is 79.9. The summed E-state index contributed by atoms with van der Waals surface area (Å²) in [6.45, 7) is 2.47. The molecular formula is C19H15BrN2O2S2. The Morgan fingerprint density at radius 3 is 2.54 bits per heavy atom. The third-order valence-corrected chi connectivity index (χ3v) is 5.84. The molecule has 2 aromatic rings. The summed E-state index contributed by atoms with van der Waals surface area (Å²) in [7, 11) is 0. The van der Waals surface area contributed by atoms with Crippen LogP contribution < -0.4 is 5.32 Å². The van der Waals surface area contributed by atoms with E-state index in [0.29, 0.717) is 27.0 Å². The maximum atomic E-state index is 12.3. The van der Waals surface area contributed by atoms with E-state index in [2.05, 4.69) is 21.2 Å². The fraction of sp³-hybridized carbons (Fsp3) is 0.105. The number of halogens is 1. The van der Waals surface area contributed by atoms with Gasteiger partial charge in [-0.1, -0.05) is 48.2 Å². The summed E-state index contributed by atoms with van der Waals surface area (Å²) in [4.78, 5) is 26.8. The Labute approximate surface area is 169 Å². The first-order chi connectivity index (χ1) is 12.5. The van der Waals surface area contributed by atoms with E-state index in [1.807, 2.05) is 43.3 Å². The lowest BCUT2D eigenvalue weighted by Crippen LogP contribution is -2.27. The quantitative estimate of drug-likeness (QED) is 0.534. The molecule has 1 fully saturated rings. The summed E-state index contributed by atoms with van der Waals surface area (Å²) in [6, 6.07) is 14.6. The zero-order valence-corrected chi connectivity index (χ0v) is 17.1. The second kappa shape index (κ2) is 8.16. The number of nitrogens with one attached hydrogen (secondary N) is 1. The summed E-state index contributed by atoms with van der Waals surface area (Å²) in [5.74, 6) is -0.247. The number of thiocarbonyl (C=S) groups is 1. The number of amides is 2. The van der Waals surface area contributed by atoms with Crippen molar-refractivity contribution in [1.82, 2.24) is 4.90 Å². The van der Waals surface area contributed by atoms with Crippen molar-refractivity contribution in [2.24, 2.45) is 0 Å². The molecule has 1 N–H and O–H groups in total. The Morgan fingerprint density at radius 1 is 1.23 bits per heavy atom. The van der Waals surface area contributed by atoms with Crippen LogP contribution in [0.2, 0.25) is 0 Å². The molecule has 1 heterocycles. The maximum absolute atomic E-state index is 12.3. The van der Waals surface area contributed by atoms with Crippen LogP contribution in [0.4, 0.5) is 5.69 Å². The maximum Gasteiger partial charge on any atom is 0.266 e. The molecule has 1 aliphatic rings.